The lowest BCUT2D eigenvalue weighted by Gasteiger charge is -2.21. The van der Waals surface area contributed by atoms with E-state index in [1.807, 2.05) is 0 Å². The Hall–Kier alpha value is -1.94. The third-order valence-corrected chi connectivity index (χ3v) is 21.3. The predicted octanol–water partition coefficient (Wildman–Crippen LogP) is 23.2. The fourth-order valence-corrected chi connectivity index (χ4v) is 13.6. The van der Waals surface area contributed by atoms with Crippen molar-refractivity contribution in [1.29, 1.82) is 0 Å². The summed E-state index contributed by atoms with van der Waals surface area (Å²) >= 11 is 0. The summed E-state index contributed by atoms with van der Waals surface area (Å²) in [6.07, 6.45) is 54.2. The van der Waals surface area contributed by atoms with Gasteiger partial charge in [0.05, 0.1) is 26.4 Å². The number of rotatable bonds is 76. The molecular weight excluding hydrogens is 1280 g/mol. The Morgan fingerprint density at radius 3 is 0.724 bits per heavy atom. The summed E-state index contributed by atoms with van der Waals surface area (Å²) < 4.78 is 68.6. The van der Waals surface area contributed by atoms with E-state index in [9.17, 15) is 43.2 Å². The molecular formula is C79H154O17P2. The third-order valence-electron chi connectivity index (χ3n) is 19.4. The average molecular weight is 1440 g/mol. The second-order valence-electron chi connectivity index (χ2n) is 29.7. The molecule has 19 heteroatoms. The smallest absolute Gasteiger partial charge is 0.462 e. The van der Waals surface area contributed by atoms with Gasteiger partial charge in [0.1, 0.15) is 19.3 Å². The molecule has 0 radical (unpaired) electrons. The molecule has 0 aliphatic heterocycles. The van der Waals surface area contributed by atoms with Crippen molar-refractivity contribution < 1.29 is 80.2 Å². The predicted molar refractivity (Wildman–Crippen MR) is 400 cm³/mol. The molecule has 0 aromatic heterocycles. The van der Waals surface area contributed by atoms with Crippen molar-refractivity contribution in [3.8, 4) is 0 Å². The molecule has 0 aliphatic carbocycles. The van der Waals surface area contributed by atoms with Gasteiger partial charge in [-0.3, -0.25) is 37.3 Å². The summed E-state index contributed by atoms with van der Waals surface area (Å²) in [6.45, 7) is 14.3. The van der Waals surface area contributed by atoms with Crippen LogP contribution < -0.4 is 0 Å². The average Bonchev–Trinajstić information content (AvgIpc) is 0.962. The highest BCUT2D eigenvalue weighted by Gasteiger charge is 2.30. The van der Waals surface area contributed by atoms with E-state index in [2.05, 4.69) is 55.4 Å². The van der Waals surface area contributed by atoms with Gasteiger partial charge in [0.2, 0.25) is 0 Å². The Morgan fingerprint density at radius 2 is 0.490 bits per heavy atom. The van der Waals surface area contributed by atoms with Crippen molar-refractivity contribution in [2.75, 3.05) is 39.6 Å². The van der Waals surface area contributed by atoms with Gasteiger partial charge >= 0.3 is 39.5 Å². The summed E-state index contributed by atoms with van der Waals surface area (Å²) in [7, 11) is -9.92. The maximum Gasteiger partial charge on any atom is 0.472 e. The molecule has 17 nitrogen and oxygen atoms in total. The van der Waals surface area contributed by atoms with E-state index in [0.717, 1.165) is 114 Å². The number of ether oxygens (including phenoxy) is 4. The maximum absolute atomic E-state index is 13.1. The molecule has 0 aliphatic rings. The standard InChI is InChI=1S/C79H154O17P2/c1-9-70(6)56-48-40-32-24-20-18-16-14-12-13-15-17-19-21-26-35-43-51-59-76(81)89-65-74(95-78(83)61-53-45-36-27-23-22-25-33-41-49-57-71(7)10-2)67-93-97(85,86)91-63-73(80)64-92-98(87,88)94-68-75(66-90-77(82)60-52-44-38-30-31-39-47-55-69(4)5)96-79(84)62-54-46-37-29-28-34-42-50-58-72(8)11-3/h69-75,80H,9-68H2,1-8H3,(H,85,86)(H,87,88)/t70?,71?,72?,73?,74-,75-/m1/s1. The van der Waals surface area contributed by atoms with E-state index in [4.69, 9.17) is 37.0 Å². The van der Waals surface area contributed by atoms with E-state index in [-0.39, 0.29) is 25.7 Å². The fraction of sp³-hybridized carbons (Fsp3) is 0.949. The van der Waals surface area contributed by atoms with Gasteiger partial charge in [-0.25, -0.2) is 9.13 Å². The Kier molecular flexibility index (Phi) is 66.8. The van der Waals surface area contributed by atoms with Crippen LogP contribution in [0.15, 0.2) is 0 Å². The molecule has 0 amide bonds. The molecule has 0 fully saturated rings. The molecule has 0 saturated heterocycles. The first-order chi connectivity index (χ1) is 47.2. The highest BCUT2D eigenvalue weighted by Crippen LogP contribution is 2.45. The van der Waals surface area contributed by atoms with E-state index in [0.29, 0.717) is 31.6 Å². The number of aliphatic hydroxyl groups is 1. The normalized spacial score (nSPS) is 14.9. The van der Waals surface area contributed by atoms with Crippen molar-refractivity contribution in [1.82, 2.24) is 0 Å². The number of hydrogen-bond donors (Lipinski definition) is 3. The maximum atomic E-state index is 13.1. The van der Waals surface area contributed by atoms with Crippen LogP contribution in [0.25, 0.3) is 0 Å². The molecule has 0 aromatic carbocycles. The fourth-order valence-electron chi connectivity index (χ4n) is 12.0. The van der Waals surface area contributed by atoms with Gasteiger partial charge in [0, 0.05) is 25.7 Å². The van der Waals surface area contributed by atoms with Crippen LogP contribution in [0.1, 0.15) is 402 Å². The molecule has 0 heterocycles. The zero-order valence-corrected chi connectivity index (χ0v) is 66.2. The molecule has 3 N–H and O–H groups in total. The minimum atomic E-state index is -4.96. The van der Waals surface area contributed by atoms with Gasteiger partial charge in [0.25, 0.3) is 0 Å². The number of esters is 4. The number of hydrogen-bond acceptors (Lipinski definition) is 15. The van der Waals surface area contributed by atoms with Gasteiger partial charge in [-0.05, 0) is 49.4 Å². The van der Waals surface area contributed by atoms with Crippen molar-refractivity contribution in [3.05, 3.63) is 0 Å². The zero-order valence-electron chi connectivity index (χ0n) is 64.4. The van der Waals surface area contributed by atoms with Crippen molar-refractivity contribution >= 4 is 39.5 Å². The Bertz CT molecular complexity index is 1930. The Labute approximate surface area is 600 Å². The van der Waals surface area contributed by atoms with Crippen LogP contribution >= 0.6 is 15.6 Å². The monoisotopic (exact) mass is 1440 g/mol. The van der Waals surface area contributed by atoms with Gasteiger partial charge in [-0.15, -0.1) is 0 Å². The lowest BCUT2D eigenvalue weighted by atomic mass is 9.99. The second-order valence-corrected chi connectivity index (χ2v) is 32.6. The van der Waals surface area contributed by atoms with Crippen molar-refractivity contribution in [2.24, 2.45) is 23.7 Å². The Morgan fingerprint density at radius 1 is 0.286 bits per heavy atom. The number of phosphoric acid groups is 2. The summed E-state index contributed by atoms with van der Waals surface area (Å²) in [5, 5.41) is 10.6. The minimum Gasteiger partial charge on any atom is -0.462 e. The van der Waals surface area contributed by atoms with E-state index in [1.165, 1.54) is 199 Å². The lowest BCUT2D eigenvalue weighted by Crippen LogP contribution is -2.30. The zero-order chi connectivity index (χ0) is 72.4. The molecule has 0 saturated carbocycles. The highest BCUT2D eigenvalue weighted by molar-refractivity contribution is 7.47. The lowest BCUT2D eigenvalue weighted by molar-refractivity contribution is -0.161. The number of carbonyl (C=O) groups is 4. The third kappa shape index (κ3) is 68.5. The summed E-state index contributed by atoms with van der Waals surface area (Å²) in [4.78, 5) is 72.9. The summed E-state index contributed by atoms with van der Waals surface area (Å²) in [6, 6.07) is 0. The minimum absolute atomic E-state index is 0.104. The van der Waals surface area contributed by atoms with Crippen molar-refractivity contribution in [2.45, 2.75) is 420 Å². The van der Waals surface area contributed by atoms with Gasteiger partial charge in [-0.1, -0.05) is 351 Å². The molecule has 0 aromatic rings. The summed E-state index contributed by atoms with van der Waals surface area (Å²) in [5.41, 5.74) is 0. The molecule has 98 heavy (non-hydrogen) atoms. The van der Waals surface area contributed by atoms with Gasteiger partial charge < -0.3 is 33.8 Å². The van der Waals surface area contributed by atoms with Gasteiger partial charge in [-0.2, -0.15) is 0 Å². The van der Waals surface area contributed by atoms with Crippen LogP contribution in [0, 0.1) is 23.7 Å². The topological polar surface area (TPSA) is 237 Å². The molecule has 8 atom stereocenters. The Balaban J connectivity index is 5.19. The molecule has 0 rings (SSSR count). The molecule has 6 unspecified atom stereocenters. The quantitative estimate of drug-likeness (QED) is 0.0222. The number of phosphoric ester groups is 2. The SMILES string of the molecule is CCC(C)CCCCCCCCCCCCCCCCCCCCC(=O)OC[C@H](COP(=O)(O)OCC(O)COP(=O)(O)OC[C@@H](COC(=O)CCCCCCCCCC(C)C)OC(=O)CCCCCCCCCCC(C)CC)OC(=O)CCCCCCCCCCCCC(C)CC. The van der Waals surface area contributed by atoms with E-state index in [1.54, 1.807) is 0 Å². The number of unbranched alkanes of at least 4 members (excludes halogenated alkanes) is 39. The van der Waals surface area contributed by atoms with E-state index < -0.39 is 97.5 Å². The highest BCUT2D eigenvalue weighted by atomic mass is 31.2. The van der Waals surface area contributed by atoms with Crippen LogP contribution in [0.3, 0.4) is 0 Å². The van der Waals surface area contributed by atoms with Crippen LogP contribution in [0.4, 0.5) is 0 Å². The molecule has 582 valence electrons. The van der Waals surface area contributed by atoms with Crippen molar-refractivity contribution in [3.63, 3.8) is 0 Å². The largest absolute Gasteiger partial charge is 0.472 e. The first-order valence-corrected chi connectivity index (χ1v) is 43.8. The van der Waals surface area contributed by atoms with Crippen LogP contribution in [0.5, 0.6) is 0 Å². The number of carbonyl (C=O) groups excluding carboxylic acids is 4. The molecule has 0 spiro atoms. The first kappa shape index (κ1) is 96.1. The van der Waals surface area contributed by atoms with E-state index >= 15 is 0 Å². The van der Waals surface area contributed by atoms with Crippen LogP contribution in [-0.4, -0.2) is 96.7 Å². The summed E-state index contributed by atoms with van der Waals surface area (Å²) in [5.74, 6) is 1.03. The van der Waals surface area contributed by atoms with Gasteiger partial charge in [0.15, 0.2) is 12.2 Å². The van der Waals surface area contributed by atoms with Crippen LogP contribution in [0.2, 0.25) is 0 Å². The molecule has 0 bridgehead atoms. The van der Waals surface area contributed by atoms with Crippen LogP contribution in [-0.2, 0) is 65.4 Å². The second kappa shape index (κ2) is 68.2. The number of aliphatic hydroxyl groups excluding tert-OH is 1. The first-order valence-electron chi connectivity index (χ1n) is 40.8.